The molecule has 1 N–H and O–H groups in total. The summed E-state index contributed by atoms with van der Waals surface area (Å²) in [7, 11) is -0.495. The number of thioether (sulfide) groups is 1. The number of sulfonamides is 1. The summed E-state index contributed by atoms with van der Waals surface area (Å²) in [6.07, 6.45) is 0.254. The van der Waals surface area contributed by atoms with Crippen molar-refractivity contribution in [1.29, 1.82) is 0 Å². The molecule has 9 heteroatoms. The molecule has 1 unspecified atom stereocenters. The molecule has 2 amide bonds. The lowest BCUT2D eigenvalue weighted by atomic mass is 10.1. The lowest BCUT2D eigenvalue weighted by Gasteiger charge is -2.18. The van der Waals surface area contributed by atoms with Crippen molar-refractivity contribution in [3.8, 4) is 0 Å². The van der Waals surface area contributed by atoms with Gasteiger partial charge in [0.15, 0.2) is 0 Å². The largest absolute Gasteiger partial charge is 0.350 e. The Morgan fingerprint density at radius 3 is 2.48 bits per heavy atom. The molecular weight excluding hydrogens is 362 g/mol. The molecule has 1 aliphatic rings. The molecule has 0 aliphatic carbocycles. The van der Waals surface area contributed by atoms with Gasteiger partial charge in [0, 0.05) is 39.4 Å². The Morgan fingerprint density at radius 2 is 1.96 bits per heavy atom. The predicted molar refractivity (Wildman–Crippen MR) is 97.9 cm³/mol. The van der Waals surface area contributed by atoms with Gasteiger partial charge >= 0.3 is 0 Å². The average molecular weight is 386 g/mol. The highest BCUT2D eigenvalue weighted by atomic mass is 32.2. The van der Waals surface area contributed by atoms with Gasteiger partial charge in [-0.15, -0.1) is 0 Å². The summed E-state index contributed by atoms with van der Waals surface area (Å²) in [6.45, 7) is 2.95. The first-order valence-electron chi connectivity index (χ1n) is 7.95. The summed E-state index contributed by atoms with van der Waals surface area (Å²) in [6, 6.07) is 6.22. The summed E-state index contributed by atoms with van der Waals surface area (Å²) in [4.78, 5) is 25.4. The first kappa shape index (κ1) is 19.7. The van der Waals surface area contributed by atoms with Crippen LogP contribution >= 0.6 is 11.8 Å². The van der Waals surface area contributed by atoms with Crippen LogP contribution < -0.4 is 5.32 Å². The van der Waals surface area contributed by atoms with Gasteiger partial charge < -0.3 is 10.2 Å². The second kappa shape index (κ2) is 8.20. The van der Waals surface area contributed by atoms with Gasteiger partial charge in [0.1, 0.15) is 0 Å². The quantitative estimate of drug-likeness (QED) is 0.772. The Balaban J connectivity index is 1.91. The summed E-state index contributed by atoms with van der Waals surface area (Å²) in [5.74, 6) is 0.640. The molecule has 1 saturated heterocycles. The Hall–Kier alpha value is -1.58. The van der Waals surface area contributed by atoms with Crippen molar-refractivity contribution < 1.29 is 18.0 Å². The number of hydrogen-bond acceptors (Lipinski definition) is 5. The summed E-state index contributed by atoms with van der Waals surface area (Å²) < 4.78 is 25.3. The Bertz CT molecular complexity index is 732. The molecule has 0 aromatic heterocycles. The fourth-order valence-electron chi connectivity index (χ4n) is 2.40. The second-order valence-electron chi connectivity index (χ2n) is 6.00. The smallest absolute Gasteiger partial charge is 0.281 e. The van der Waals surface area contributed by atoms with Crippen molar-refractivity contribution in [3.63, 3.8) is 0 Å². The van der Waals surface area contributed by atoms with E-state index in [2.05, 4.69) is 5.32 Å². The molecule has 0 saturated carbocycles. The van der Waals surface area contributed by atoms with Crippen molar-refractivity contribution in [3.05, 3.63) is 29.8 Å². The molecule has 0 radical (unpaired) electrons. The van der Waals surface area contributed by atoms with Crippen LogP contribution in [0.1, 0.15) is 24.9 Å². The van der Waals surface area contributed by atoms with E-state index in [1.807, 2.05) is 6.92 Å². The zero-order valence-corrected chi connectivity index (χ0v) is 16.2. The monoisotopic (exact) mass is 385 g/mol. The van der Waals surface area contributed by atoms with Crippen molar-refractivity contribution in [2.24, 2.45) is 0 Å². The van der Waals surface area contributed by atoms with Crippen molar-refractivity contribution in [1.82, 2.24) is 14.5 Å². The number of amides is 2. The van der Waals surface area contributed by atoms with Crippen molar-refractivity contribution in [2.75, 3.05) is 32.9 Å². The minimum absolute atomic E-state index is 0.0264. The molecule has 1 atom stereocenters. The van der Waals surface area contributed by atoms with Crippen molar-refractivity contribution in [2.45, 2.75) is 24.3 Å². The van der Waals surface area contributed by atoms with E-state index in [1.54, 1.807) is 17.0 Å². The van der Waals surface area contributed by atoms with Gasteiger partial charge in [-0.1, -0.05) is 23.9 Å². The van der Waals surface area contributed by atoms with Crippen LogP contribution in [0.5, 0.6) is 0 Å². The number of nitrogens with one attached hydrogen (secondary N) is 1. The third kappa shape index (κ3) is 4.96. The number of benzene rings is 1. The van der Waals surface area contributed by atoms with Gasteiger partial charge in [-0.25, -0.2) is 12.7 Å². The van der Waals surface area contributed by atoms with Crippen LogP contribution in [0.2, 0.25) is 0 Å². The summed E-state index contributed by atoms with van der Waals surface area (Å²) >= 11 is 1.28. The maximum Gasteiger partial charge on any atom is 0.281 e. The third-order valence-electron chi connectivity index (χ3n) is 3.99. The molecular formula is C16H23N3O4S2. The Kier molecular flexibility index (Phi) is 6.47. The van der Waals surface area contributed by atoms with Crippen LogP contribution in [0.4, 0.5) is 4.79 Å². The lowest BCUT2D eigenvalue weighted by Crippen LogP contribution is -2.32. The molecule has 1 aliphatic heterocycles. The third-order valence-corrected chi connectivity index (χ3v) is 6.71. The summed E-state index contributed by atoms with van der Waals surface area (Å²) in [5.41, 5.74) is 0.818. The first-order chi connectivity index (χ1) is 11.7. The summed E-state index contributed by atoms with van der Waals surface area (Å²) in [5, 5.41) is 2.90. The molecule has 7 nitrogen and oxygen atoms in total. The normalized spacial score (nSPS) is 16.3. The van der Waals surface area contributed by atoms with Crippen LogP contribution in [-0.2, 0) is 14.8 Å². The van der Waals surface area contributed by atoms with Crippen molar-refractivity contribution >= 4 is 32.9 Å². The Morgan fingerprint density at radius 1 is 1.32 bits per heavy atom. The SMILES string of the molecule is CC(NC(=O)CCN1CCSC1=O)c1ccc(S(=O)(=O)N(C)C)cc1. The van der Waals surface area contributed by atoms with E-state index in [0.29, 0.717) is 13.1 Å². The number of carbonyl (C=O) groups excluding carboxylic acids is 2. The molecule has 1 heterocycles. The van der Waals surface area contributed by atoms with E-state index in [0.717, 1.165) is 15.6 Å². The molecule has 138 valence electrons. The first-order valence-corrected chi connectivity index (χ1v) is 10.4. The topological polar surface area (TPSA) is 86.8 Å². The van der Waals surface area contributed by atoms with E-state index < -0.39 is 10.0 Å². The highest BCUT2D eigenvalue weighted by Crippen LogP contribution is 2.19. The van der Waals surface area contributed by atoms with E-state index in [-0.39, 0.29) is 28.5 Å². The highest BCUT2D eigenvalue weighted by molar-refractivity contribution is 8.13. The fraction of sp³-hybridized carbons (Fsp3) is 0.500. The molecule has 2 rings (SSSR count). The van der Waals surface area contributed by atoms with E-state index in [9.17, 15) is 18.0 Å². The highest BCUT2D eigenvalue weighted by Gasteiger charge is 2.22. The molecule has 1 aromatic carbocycles. The zero-order valence-electron chi connectivity index (χ0n) is 14.6. The van der Waals surface area contributed by atoms with Gasteiger partial charge in [-0.3, -0.25) is 9.59 Å². The van der Waals surface area contributed by atoms with Crippen LogP contribution in [-0.4, -0.2) is 61.7 Å². The number of carbonyl (C=O) groups is 2. The van der Waals surface area contributed by atoms with Crippen LogP contribution in [0.3, 0.4) is 0 Å². The minimum Gasteiger partial charge on any atom is -0.350 e. The van der Waals surface area contributed by atoms with Gasteiger partial charge in [-0.05, 0) is 24.6 Å². The number of rotatable bonds is 7. The van der Waals surface area contributed by atoms with E-state index in [1.165, 1.54) is 38.0 Å². The average Bonchev–Trinajstić information content (AvgIpc) is 2.98. The van der Waals surface area contributed by atoms with Gasteiger partial charge in [-0.2, -0.15) is 0 Å². The van der Waals surface area contributed by atoms with Crippen LogP contribution in [0.15, 0.2) is 29.2 Å². The van der Waals surface area contributed by atoms with E-state index in [4.69, 9.17) is 0 Å². The predicted octanol–water partition coefficient (Wildman–Crippen LogP) is 1.67. The number of nitrogens with zero attached hydrogens (tertiary/aromatic N) is 2. The van der Waals surface area contributed by atoms with Gasteiger partial charge in [0.25, 0.3) is 5.24 Å². The zero-order chi connectivity index (χ0) is 18.6. The molecule has 0 spiro atoms. The molecule has 0 bridgehead atoms. The van der Waals surface area contributed by atoms with Gasteiger partial charge in [0.2, 0.25) is 15.9 Å². The van der Waals surface area contributed by atoms with Crippen LogP contribution in [0.25, 0.3) is 0 Å². The fourth-order valence-corrected chi connectivity index (χ4v) is 4.15. The van der Waals surface area contributed by atoms with Gasteiger partial charge in [0.05, 0.1) is 10.9 Å². The molecule has 25 heavy (non-hydrogen) atoms. The molecule has 1 fully saturated rings. The Labute approximate surface area is 152 Å². The van der Waals surface area contributed by atoms with Crippen LogP contribution in [0, 0.1) is 0 Å². The van der Waals surface area contributed by atoms with E-state index >= 15 is 0 Å². The maximum absolute atomic E-state index is 12.1. The molecule has 1 aromatic rings. The number of hydrogen-bond donors (Lipinski definition) is 1. The second-order valence-corrected chi connectivity index (χ2v) is 9.20. The minimum atomic E-state index is -3.46. The maximum atomic E-state index is 12.1. The standard InChI is InChI=1S/C16H23N3O4S2/c1-12(17-15(20)8-9-19-10-11-24-16(19)21)13-4-6-14(7-5-13)25(22,23)18(2)3/h4-7,12H,8-11H2,1-3H3,(H,17,20). The lowest BCUT2D eigenvalue weighted by molar-refractivity contribution is -0.121.